The summed E-state index contributed by atoms with van der Waals surface area (Å²) in [6.07, 6.45) is 4.23. The van der Waals surface area contributed by atoms with Crippen molar-refractivity contribution >= 4 is 10.8 Å². The van der Waals surface area contributed by atoms with E-state index in [2.05, 4.69) is 52.7 Å². The Bertz CT molecular complexity index is 612. The molecule has 21 heavy (non-hydrogen) atoms. The molecule has 1 heterocycles. The standard InChI is InChI=1S/C19H24N2/c1-2-4-17-14-18(8-7-16(17)3-1)19(13-15-5-6-15)21-11-9-20-10-12-21/h1-4,7-8,14-15,19-20H,5-6,9-13H2/t19-/m0/s1. The number of rotatable bonds is 4. The third-order valence-electron chi connectivity index (χ3n) is 5.00. The van der Waals surface area contributed by atoms with Crippen LogP contribution >= 0.6 is 0 Å². The first-order chi connectivity index (χ1) is 10.4. The molecule has 1 aliphatic heterocycles. The predicted molar refractivity (Wildman–Crippen MR) is 88.5 cm³/mol. The van der Waals surface area contributed by atoms with Gasteiger partial charge in [0.1, 0.15) is 0 Å². The maximum absolute atomic E-state index is 3.48. The van der Waals surface area contributed by atoms with E-state index in [1.807, 2.05) is 0 Å². The molecule has 1 atom stereocenters. The molecule has 0 aromatic heterocycles. The fourth-order valence-electron chi connectivity index (χ4n) is 3.57. The van der Waals surface area contributed by atoms with Gasteiger partial charge < -0.3 is 5.32 Å². The molecule has 2 aromatic carbocycles. The van der Waals surface area contributed by atoms with Crippen molar-refractivity contribution in [1.29, 1.82) is 0 Å². The van der Waals surface area contributed by atoms with Gasteiger partial charge in [-0.1, -0.05) is 49.2 Å². The minimum absolute atomic E-state index is 0.615. The zero-order valence-corrected chi connectivity index (χ0v) is 12.6. The van der Waals surface area contributed by atoms with E-state index in [4.69, 9.17) is 0 Å². The summed E-state index contributed by atoms with van der Waals surface area (Å²) in [4.78, 5) is 2.69. The molecule has 2 nitrogen and oxygen atoms in total. The van der Waals surface area contributed by atoms with Crippen LogP contribution in [0.1, 0.15) is 30.9 Å². The number of hydrogen-bond acceptors (Lipinski definition) is 2. The number of benzene rings is 2. The van der Waals surface area contributed by atoms with Crippen LogP contribution in [0.5, 0.6) is 0 Å². The molecule has 1 aliphatic carbocycles. The van der Waals surface area contributed by atoms with Gasteiger partial charge in [-0.2, -0.15) is 0 Å². The second-order valence-corrected chi connectivity index (χ2v) is 6.59. The van der Waals surface area contributed by atoms with Crippen molar-refractivity contribution in [1.82, 2.24) is 10.2 Å². The zero-order valence-electron chi connectivity index (χ0n) is 12.6. The van der Waals surface area contributed by atoms with Crippen LogP contribution in [-0.2, 0) is 0 Å². The molecule has 2 aliphatic rings. The van der Waals surface area contributed by atoms with E-state index in [1.165, 1.54) is 48.7 Å². The second-order valence-electron chi connectivity index (χ2n) is 6.59. The molecule has 1 saturated carbocycles. The van der Waals surface area contributed by atoms with Crippen molar-refractivity contribution in [2.75, 3.05) is 26.2 Å². The lowest BCUT2D eigenvalue weighted by Gasteiger charge is -2.35. The van der Waals surface area contributed by atoms with Crippen molar-refractivity contribution < 1.29 is 0 Å². The maximum Gasteiger partial charge on any atom is 0.0352 e. The number of nitrogens with one attached hydrogen (secondary N) is 1. The van der Waals surface area contributed by atoms with Gasteiger partial charge >= 0.3 is 0 Å². The van der Waals surface area contributed by atoms with Crippen molar-refractivity contribution in [2.24, 2.45) is 5.92 Å². The van der Waals surface area contributed by atoms with Crippen LogP contribution in [0.2, 0.25) is 0 Å². The van der Waals surface area contributed by atoms with Gasteiger partial charge in [0.15, 0.2) is 0 Å². The molecule has 110 valence electrons. The van der Waals surface area contributed by atoms with E-state index >= 15 is 0 Å². The van der Waals surface area contributed by atoms with Crippen LogP contribution in [0.4, 0.5) is 0 Å². The third-order valence-corrected chi connectivity index (χ3v) is 5.00. The Balaban J connectivity index is 1.65. The molecule has 0 radical (unpaired) electrons. The molecule has 0 amide bonds. The van der Waals surface area contributed by atoms with Gasteiger partial charge in [-0.05, 0) is 34.7 Å². The summed E-state index contributed by atoms with van der Waals surface area (Å²) in [6, 6.07) is 16.4. The highest BCUT2D eigenvalue weighted by Crippen LogP contribution is 2.40. The van der Waals surface area contributed by atoms with Crippen LogP contribution < -0.4 is 5.32 Å². The summed E-state index contributed by atoms with van der Waals surface area (Å²) < 4.78 is 0. The second kappa shape index (κ2) is 5.78. The highest BCUT2D eigenvalue weighted by atomic mass is 15.2. The van der Waals surface area contributed by atoms with E-state index in [9.17, 15) is 0 Å². The number of nitrogens with zero attached hydrogens (tertiary/aromatic N) is 1. The van der Waals surface area contributed by atoms with Gasteiger partial charge in [-0.3, -0.25) is 4.90 Å². The smallest absolute Gasteiger partial charge is 0.0352 e. The van der Waals surface area contributed by atoms with E-state index < -0.39 is 0 Å². The average molecular weight is 280 g/mol. The van der Waals surface area contributed by atoms with Crippen LogP contribution in [0, 0.1) is 5.92 Å². The summed E-state index contributed by atoms with van der Waals surface area (Å²) >= 11 is 0. The van der Waals surface area contributed by atoms with Crippen LogP contribution in [-0.4, -0.2) is 31.1 Å². The minimum atomic E-state index is 0.615. The largest absolute Gasteiger partial charge is 0.314 e. The molecule has 0 bridgehead atoms. The molecule has 1 N–H and O–H groups in total. The Hall–Kier alpha value is -1.38. The summed E-state index contributed by atoms with van der Waals surface area (Å²) in [6.45, 7) is 4.64. The zero-order chi connectivity index (χ0) is 14.1. The average Bonchev–Trinajstić information content (AvgIpc) is 3.37. The molecule has 1 saturated heterocycles. The van der Waals surface area contributed by atoms with Gasteiger partial charge in [0.25, 0.3) is 0 Å². The summed E-state index contributed by atoms with van der Waals surface area (Å²) in [5, 5.41) is 6.21. The molecular formula is C19H24N2. The van der Waals surface area contributed by atoms with Crippen LogP contribution in [0.3, 0.4) is 0 Å². The Labute approximate surface area is 127 Å². The SMILES string of the molecule is c1ccc2cc([C@H](CC3CC3)N3CCNCC3)ccc2c1. The molecule has 2 fully saturated rings. The first kappa shape index (κ1) is 13.3. The first-order valence-electron chi connectivity index (χ1n) is 8.33. The lowest BCUT2D eigenvalue weighted by atomic mass is 9.96. The quantitative estimate of drug-likeness (QED) is 0.921. The topological polar surface area (TPSA) is 15.3 Å². The van der Waals surface area contributed by atoms with Crippen molar-refractivity contribution in [2.45, 2.75) is 25.3 Å². The molecular weight excluding hydrogens is 256 g/mol. The summed E-state index contributed by atoms with van der Waals surface area (Å²) in [5.74, 6) is 0.969. The number of piperazine rings is 1. The van der Waals surface area contributed by atoms with E-state index in [-0.39, 0.29) is 0 Å². The fraction of sp³-hybridized carbons (Fsp3) is 0.474. The first-order valence-corrected chi connectivity index (χ1v) is 8.33. The highest BCUT2D eigenvalue weighted by molar-refractivity contribution is 5.83. The van der Waals surface area contributed by atoms with E-state index in [0.717, 1.165) is 19.0 Å². The lowest BCUT2D eigenvalue weighted by Crippen LogP contribution is -2.45. The monoisotopic (exact) mass is 280 g/mol. The number of fused-ring (bicyclic) bond motifs is 1. The Morgan fingerprint density at radius 2 is 1.76 bits per heavy atom. The fourth-order valence-corrected chi connectivity index (χ4v) is 3.57. The maximum atomic E-state index is 3.48. The van der Waals surface area contributed by atoms with Gasteiger partial charge in [0.05, 0.1) is 0 Å². The Morgan fingerprint density at radius 1 is 1.00 bits per heavy atom. The van der Waals surface area contributed by atoms with Gasteiger partial charge in [0.2, 0.25) is 0 Å². The normalized spacial score (nSPS) is 21.5. The van der Waals surface area contributed by atoms with Gasteiger partial charge in [-0.15, -0.1) is 0 Å². The van der Waals surface area contributed by atoms with Gasteiger partial charge in [-0.25, -0.2) is 0 Å². The third kappa shape index (κ3) is 2.97. The Kier molecular flexibility index (Phi) is 3.66. The molecule has 0 unspecified atom stereocenters. The molecule has 0 spiro atoms. The molecule has 4 rings (SSSR count). The van der Waals surface area contributed by atoms with E-state index in [0.29, 0.717) is 6.04 Å². The summed E-state index contributed by atoms with van der Waals surface area (Å²) in [7, 11) is 0. The van der Waals surface area contributed by atoms with Crippen molar-refractivity contribution in [3.8, 4) is 0 Å². The molecule has 2 heteroatoms. The lowest BCUT2D eigenvalue weighted by molar-refractivity contribution is 0.160. The van der Waals surface area contributed by atoms with Crippen LogP contribution in [0.25, 0.3) is 10.8 Å². The van der Waals surface area contributed by atoms with Crippen LogP contribution in [0.15, 0.2) is 42.5 Å². The Morgan fingerprint density at radius 3 is 2.52 bits per heavy atom. The molecule has 2 aromatic rings. The summed E-state index contributed by atoms with van der Waals surface area (Å²) in [5.41, 5.74) is 1.52. The highest BCUT2D eigenvalue weighted by Gasteiger charge is 2.30. The van der Waals surface area contributed by atoms with Crippen molar-refractivity contribution in [3.05, 3.63) is 48.0 Å². The van der Waals surface area contributed by atoms with E-state index in [1.54, 1.807) is 0 Å². The van der Waals surface area contributed by atoms with Crippen molar-refractivity contribution in [3.63, 3.8) is 0 Å². The predicted octanol–water partition coefficient (Wildman–Crippen LogP) is 3.59. The number of hydrogen-bond donors (Lipinski definition) is 1. The minimum Gasteiger partial charge on any atom is -0.314 e. The van der Waals surface area contributed by atoms with Gasteiger partial charge in [0, 0.05) is 32.2 Å².